The van der Waals surface area contributed by atoms with E-state index in [9.17, 15) is 14.4 Å². The summed E-state index contributed by atoms with van der Waals surface area (Å²) in [6, 6.07) is 0. The Balaban J connectivity index is 4.60. The van der Waals surface area contributed by atoms with E-state index in [4.69, 9.17) is 14.2 Å². The molecule has 0 unspecified atom stereocenters. The van der Waals surface area contributed by atoms with Gasteiger partial charge in [-0.3, -0.25) is 14.4 Å². The molecule has 6 nitrogen and oxygen atoms in total. The Kier molecular flexibility index (Phi) is 54.0. The van der Waals surface area contributed by atoms with E-state index in [2.05, 4.69) is 167 Å². The van der Waals surface area contributed by atoms with E-state index in [1.54, 1.807) is 0 Å². The van der Waals surface area contributed by atoms with Crippen LogP contribution in [0.2, 0.25) is 0 Å². The lowest BCUT2D eigenvalue weighted by molar-refractivity contribution is -0.167. The van der Waals surface area contributed by atoms with Crippen LogP contribution in [-0.2, 0) is 28.6 Å². The fraction of sp³-hybridized carbons (Fsp3) is 0.585. The van der Waals surface area contributed by atoms with Crippen molar-refractivity contribution in [2.24, 2.45) is 0 Å². The van der Waals surface area contributed by atoms with Gasteiger partial charge in [-0.25, -0.2) is 0 Å². The fourth-order valence-corrected chi connectivity index (χ4v) is 7.12. The topological polar surface area (TPSA) is 78.9 Å². The Bertz CT molecular complexity index is 1590. The van der Waals surface area contributed by atoms with Gasteiger partial charge in [0.05, 0.1) is 0 Å². The standard InChI is InChI=1S/C65H102O6/c1-4-7-10-13-16-19-22-25-28-31-32-35-37-40-43-46-49-52-55-58-64(67)70-61-62(71-65(68)59-56-53-50-47-44-41-38-34-30-27-24-21-18-15-12-9-6-3)60-69-63(66)57-54-51-48-45-42-39-36-33-29-26-23-20-17-14-11-8-5-2/h7-8,10-11,16-17,19-20,25-30,32,35-36,38-41,43,47,50,62H,4-6,9,12-15,18,21-24,31,33-34,37,42,44-46,48-49,51-61H2,1-3H3/b10-7-,11-8-,19-16-,20-17-,28-25-,29-26-,30-27-,35-32-,39-36-,41-38-,43-40-,50-47-/t62-/m0/s1. The summed E-state index contributed by atoms with van der Waals surface area (Å²) in [5, 5.41) is 0. The molecule has 0 aromatic carbocycles. The van der Waals surface area contributed by atoms with E-state index in [0.717, 1.165) is 135 Å². The first-order valence-corrected chi connectivity index (χ1v) is 28.3. The molecule has 0 saturated heterocycles. The molecule has 0 rings (SSSR count). The Labute approximate surface area is 436 Å². The molecule has 0 aliphatic rings. The van der Waals surface area contributed by atoms with E-state index in [1.165, 1.54) is 44.9 Å². The van der Waals surface area contributed by atoms with Gasteiger partial charge in [-0.05, 0) is 135 Å². The molecule has 0 N–H and O–H groups in total. The Morgan fingerprint density at radius 3 is 0.915 bits per heavy atom. The first-order chi connectivity index (χ1) is 35.0. The van der Waals surface area contributed by atoms with Crippen LogP contribution in [0.3, 0.4) is 0 Å². The minimum atomic E-state index is -0.836. The van der Waals surface area contributed by atoms with Gasteiger partial charge in [0.2, 0.25) is 0 Å². The number of allylic oxidation sites excluding steroid dienone is 24. The third-order valence-corrected chi connectivity index (χ3v) is 11.3. The van der Waals surface area contributed by atoms with E-state index >= 15 is 0 Å². The molecule has 0 fully saturated rings. The third-order valence-electron chi connectivity index (χ3n) is 11.3. The second-order valence-corrected chi connectivity index (χ2v) is 18.1. The Morgan fingerprint density at radius 2 is 0.563 bits per heavy atom. The summed E-state index contributed by atoms with van der Waals surface area (Å²) in [4.78, 5) is 38.1. The molecule has 0 heterocycles. The number of hydrogen-bond acceptors (Lipinski definition) is 6. The predicted octanol–water partition coefficient (Wildman–Crippen LogP) is 19.2. The lowest BCUT2D eigenvalue weighted by Crippen LogP contribution is -2.30. The van der Waals surface area contributed by atoms with Crippen molar-refractivity contribution < 1.29 is 28.6 Å². The molecule has 0 aliphatic heterocycles. The zero-order valence-corrected chi connectivity index (χ0v) is 45.4. The van der Waals surface area contributed by atoms with Crippen molar-refractivity contribution in [2.45, 2.75) is 232 Å². The molecule has 71 heavy (non-hydrogen) atoms. The van der Waals surface area contributed by atoms with E-state index in [0.29, 0.717) is 19.3 Å². The molecular formula is C65H102O6. The van der Waals surface area contributed by atoms with Crippen molar-refractivity contribution >= 4 is 17.9 Å². The summed E-state index contributed by atoms with van der Waals surface area (Å²) in [7, 11) is 0. The predicted molar refractivity (Wildman–Crippen MR) is 306 cm³/mol. The molecule has 6 heteroatoms. The van der Waals surface area contributed by atoms with Gasteiger partial charge in [-0.15, -0.1) is 0 Å². The van der Waals surface area contributed by atoms with Gasteiger partial charge >= 0.3 is 17.9 Å². The van der Waals surface area contributed by atoms with Crippen LogP contribution >= 0.6 is 0 Å². The number of hydrogen-bond donors (Lipinski definition) is 0. The van der Waals surface area contributed by atoms with Crippen LogP contribution in [0.15, 0.2) is 146 Å². The van der Waals surface area contributed by atoms with Crippen LogP contribution in [0.25, 0.3) is 0 Å². The zero-order chi connectivity index (χ0) is 51.4. The quantitative estimate of drug-likeness (QED) is 0.0262. The average Bonchev–Trinajstić information content (AvgIpc) is 3.37. The number of esters is 3. The number of unbranched alkanes of at least 4 members (excludes halogenated alkanes) is 14. The highest BCUT2D eigenvalue weighted by Crippen LogP contribution is 2.12. The molecule has 1 atom stereocenters. The Morgan fingerprint density at radius 1 is 0.296 bits per heavy atom. The van der Waals surface area contributed by atoms with Crippen molar-refractivity contribution in [3.05, 3.63) is 146 Å². The summed E-state index contributed by atoms with van der Waals surface area (Å²) in [6.45, 7) is 6.30. The fourth-order valence-electron chi connectivity index (χ4n) is 7.12. The van der Waals surface area contributed by atoms with Gasteiger partial charge in [-0.2, -0.15) is 0 Å². The first-order valence-electron chi connectivity index (χ1n) is 28.3. The van der Waals surface area contributed by atoms with Gasteiger partial charge in [0, 0.05) is 19.3 Å². The highest BCUT2D eigenvalue weighted by atomic mass is 16.6. The maximum absolute atomic E-state index is 12.8. The van der Waals surface area contributed by atoms with E-state index < -0.39 is 6.10 Å². The molecule has 0 radical (unpaired) electrons. The van der Waals surface area contributed by atoms with Crippen molar-refractivity contribution in [1.29, 1.82) is 0 Å². The molecular weight excluding hydrogens is 877 g/mol. The normalized spacial score (nSPS) is 13.2. The smallest absolute Gasteiger partial charge is 0.306 e. The highest BCUT2D eigenvalue weighted by Gasteiger charge is 2.19. The minimum Gasteiger partial charge on any atom is -0.462 e. The highest BCUT2D eigenvalue weighted by molar-refractivity contribution is 5.71. The lowest BCUT2D eigenvalue weighted by atomic mass is 10.1. The SMILES string of the molecule is CC/C=C\C/C=C\C/C=C\C/C=C\C/C=C\CCCCCC(=O)OC[C@H](COC(=O)CCCCCC/C=C\C/C=C\C/C=C\C/C=C\CC)OC(=O)CCC/C=C\C/C=C\C/C=C\CCCCCCCC. The summed E-state index contributed by atoms with van der Waals surface area (Å²) >= 11 is 0. The molecule has 0 spiro atoms. The number of carbonyl (C=O) groups is 3. The number of carbonyl (C=O) groups excluding carboxylic acids is 3. The van der Waals surface area contributed by atoms with Gasteiger partial charge in [-0.1, -0.05) is 218 Å². The van der Waals surface area contributed by atoms with Crippen molar-refractivity contribution in [3.63, 3.8) is 0 Å². The first kappa shape index (κ1) is 66.3. The average molecular weight is 980 g/mol. The van der Waals surface area contributed by atoms with E-state index in [1.807, 2.05) is 0 Å². The van der Waals surface area contributed by atoms with Gasteiger partial charge in [0.25, 0.3) is 0 Å². The molecule has 0 aliphatic carbocycles. The second-order valence-electron chi connectivity index (χ2n) is 18.1. The number of ether oxygens (including phenoxy) is 3. The van der Waals surface area contributed by atoms with Gasteiger partial charge < -0.3 is 14.2 Å². The van der Waals surface area contributed by atoms with Crippen LogP contribution in [0, 0.1) is 0 Å². The summed E-state index contributed by atoms with van der Waals surface area (Å²) in [5.74, 6) is -1.04. The maximum atomic E-state index is 12.8. The van der Waals surface area contributed by atoms with Gasteiger partial charge in [0.15, 0.2) is 6.10 Å². The van der Waals surface area contributed by atoms with E-state index in [-0.39, 0.29) is 37.5 Å². The largest absolute Gasteiger partial charge is 0.462 e. The van der Waals surface area contributed by atoms with Crippen LogP contribution in [0.4, 0.5) is 0 Å². The molecule has 0 bridgehead atoms. The summed E-state index contributed by atoms with van der Waals surface area (Å²) in [6.07, 6.45) is 82.7. The van der Waals surface area contributed by atoms with Crippen LogP contribution in [0.1, 0.15) is 226 Å². The van der Waals surface area contributed by atoms with Crippen molar-refractivity contribution in [3.8, 4) is 0 Å². The van der Waals surface area contributed by atoms with Crippen LogP contribution in [-0.4, -0.2) is 37.2 Å². The van der Waals surface area contributed by atoms with Gasteiger partial charge in [0.1, 0.15) is 13.2 Å². The van der Waals surface area contributed by atoms with Crippen molar-refractivity contribution in [2.75, 3.05) is 13.2 Å². The van der Waals surface area contributed by atoms with Crippen LogP contribution in [0.5, 0.6) is 0 Å². The molecule has 398 valence electrons. The second kappa shape index (κ2) is 57.9. The minimum absolute atomic E-state index is 0.128. The third kappa shape index (κ3) is 56.1. The molecule has 0 aromatic heterocycles. The molecule has 0 amide bonds. The summed E-state index contributed by atoms with van der Waals surface area (Å²) in [5.41, 5.74) is 0. The molecule has 0 aromatic rings. The lowest BCUT2D eigenvalue weighted by Gasteiger charge is -2.18. The van der Waals surface area contributed by atoms with Crippen LogP contribution < -0.4 is 0 Å². The van der Waals surface area contributed by atoms with Crippen molar-refractivity contribution in [1.82, 2.24) is 0 Å². The molecule has 0 saturated carbocycles. The Hall–Kier alpha value is -4.71. The maximum Gasteiger partial charge on any atom is 0.306 e. The zero-order valence-electron chi connectivity index (χ0n) is 45.4. The number of rotatable bonds is 49. The summed E-state index contributed by atoms with van der Waals surface area (Å²) < 4.78 is 16.8. The monoisotopic (exact) mass is 979 g/mol.